The summed E-state index contributed by atoms with van der Waals surface area (Å²) in [6, 6.07) is 16.5. The van der Waals surface area contributed by atoms with E-state index in [2.05, 4.69) is 50.2 Å². The molecule has 0 radical (unpaired) electrons. The smallest absolute Gasteiger partial charge is 0.410 e. The van der Waals surface area contributed by atoms with Crippen molar-refractivity contribution < 1.29 is 19.4 Å². The highest BCUT2D eigenvalue weighted by Gasteiger charge is 2.48. The Labute approximate surface area is 196 Å². The molecule has 2 unspecified atom stereocenters. The molecule has 2 heterocycles. The third-order valence-corrected chi connectivity index (χ3v) is 7.61. The van der Waals surface area contributed by atoms with Crippen molar-refractivity contribution in [3.05, 3.63) is 59.7 Å². The van der Waals surface area contributed by atoms with Crippen molar-refractivity contribution in [3.63, 3.8) is 0 Å². The quantitative estimate of drug-likeness (QED) is 0.645. The number of ether oxygens (including phenoxy) is 2. The number of carbonyl (C=O) groups excluding carboxylic acids is 1. The predicted octanol–water partition coefficient (Wildman–Crippen LogP) is 5.36. The van der Waals surface area contributed by atoms with E-state index in [1.165, 1.54) is 22.3 Å². The molecular weight excluding hydrogens is 414 g/mol. The molecule has 3 aliphatic rings. The van der Waals surface area contributed by atoms with E-state index in [1.54, 1.807) is 0 Å². The van der Waals surface area contributed by atoms with Gasteiger partial charge in [0.15, 0.2) is 0 Å². The van der Waals surface area contributed by atoms with Crippen molar-refractivity contribution in [2.45, 2.75) is 69.6 Å². The average Bonchev–Trinajstić information content (AvgIpc) is 3.10. The number of piperidine rings is 1. The molecule has 2 aromatic rings. The molecule has 2 fully saturated rings. The molecule has 2 aromatic carbocycles. The van der Waals surface area contributed by atoms with Gasteiger partial charge in [-0.1, -0.05) is 75.2 Å². The Morgan fingerprint density at radius 2 is 1.64 bits per heavy atom. The first-order valence-electron chi connectivity index (χ1n) is 12.4. The molecule has 5 nitrogen and oxygen atoms in total. The summed E-state index contributed by atoms with van der Waals surface area (Å²) in [6.45, 7) is 5.68. The minimum atomic E-state index is -0.714. The van der Waals surface area contributed by atoms with E-state index >= 15 is 0 Å². The zero-order valence-corrected chi connectivity index (χ0v) is 19.7. The standard InChI is InChI=1S/C28H35NO4/c1-19(2)8-7-13-28(31)14-20-16-32-17-21(15-28)29(20)27(30)33-18-26-24-11-5-3-9-22(24)23-10-4-6-12-25(23)26/h3-6,9-12,19-21,26,31H,7-8,13-18H2,1-2H3. The third kappa shape index (κ3) is 4.41. The first-order valence-corrected chi connectivity index (χ1v) is 12.4. The Morgan fingerprint density at radius 1 is 1.06 bits per heavy atom. The van der Waals surface area contributed by atoms with Crippen LogP contribution in [0.5, 0.6) is 0 Å². The van der Waals surface area contributed by atoms with E-state index in [-0.39, 0.29) is 24.1 Å². The number of aliphatic hydroxyl groups is 1. The second-order valence-electron chi connectivity index (χ2n) is 10.5. The number of rotatable bonds is 6. The maximum Gasteiger partial charge on any atom is 0.410 e. The number of hydrogen-bond acceptors (Lipinski definition) is 4. The molecule has 0 aromatic heterocycles. The van der Waals surface area contributed by atoms with Gasteiger partial charge >= 0.3 is 6.09 Å². The van der Waals surface area contributed by atoms with E-state index < -0.39 is 5.60 Å². The van der Waals surface area contributed by atoms with E-state index in [9.17, 15) is 9.90 Å². The Kier molecular flexibility index (Phi) is 6.19. The number of hydrogen-bond donors (Lipinski definition) is 1. The summed E-state index contributed by atoms with van der Waals surface area (Å²) >= 11 is 0. The molecule has 0 saturated carbocycles. The molecule has 5 heteroatoms. The summed E-state index contributed by atoms with van der Waals surface area (Å²) in [7, 11) is 0. The lowest BCUT2D eigenvalue weighted by molar-refractivity contribution is -0.135. The Bertz CT molecular complexity index is 943. The fourth-order valence-electron chi connectivity index (χ4n) is 6.08. The minimum absolute atomic E-state index is 0.0511. The van der Waals surface area contributed by atoms with Crippen LogP contribution in [0.25, 0.3) is 11.1 Å². The van der Waals surface area contributed by atoms with Crippen LogP contribution in [0.3, 0.4) is 0 Å². The van der Waals surface area contributed by atoms with Crippen LogP contribution in [0.2, 0.25) is 0 Å². The molecule has 1 aliphatic carbocycles. The lowest BCUT2D eigenvalue weighted by Crippen LogP contribution is -2.63. The van der Waals surface area contributed by atoms with Crippen LogP contribution >= 0.6 is 0 Å². The van der Waals surface area contributed by atoms with Gasteiger partial charge < -0.3 is 14.6 Å². The maximum absolute atomic E-state index is 13.3. The molecule has 176 valence electrons. The van der Waals surface area contributed by atoms with Crippen molar-refractivity contribution in [2.24, 2.45) is 5.92 Å². The van der Waals surface area contributed by atoms with E-state index in [4.69, 9.17) is 9.47 Å². The van der Waals surface area contributed by atoms with Crippen molar-refractivity contribution in [1.82, 2.24) is 4.90 Å². The fourth-order valence-corrected chi connectivity index (χ4v) is 6.08. The first-order chi connectivity index (χ1) is 16.0. The zero-order valence-electron chi connectivity index (χ0n) is 19.7. The van der Waals surface area contributed by atoms with Crippen molar-refractivity contribution in [2.75, 3.05) is 19.8 Å². The topological polar surface area (TPSA) is 59.0 Å². The Morgan fingerprint density at radius 3 is 2.21 bits per heavy atom. The number of fused-ring (bicyclic) bond motifs is 5. The molecule has 2 atom stereocenters. The summed E-state index contributed by atoms with van der Waals surface area (Å²) in [6.07, 6.45) is 3.76. The molecule has 0 spiro atoms. The van der Waals surface area contributed by atoms with Gasteiger partial charge in [0, 0.05) is 5.92 Å². The Hall–Kier alpha value is -2.37. The maximum atomic E-state index is 13.3. The first kappa shape index (κ1) is 22.4. The monoisotopic (exact) mass is 449 g/mol. The van der Waals surface area contributed by atoms with Gasteiger partial charge in [0.05, 0.1) is 30.9 Å². The van der Waals surface area contributed by atoms with Crippen LogP contribution < -0.4 is 0 Å². The SMILES string of the molecule is CC(C)CCCC1(O)CC2COCC(C1)N2C(=O)OCC1c2ccccc2-c2ccccc21. The second kappa shape index (κ2) is 9.11. The highest BCUT2D eigenvalue weighted by atomic mass is 16.6. The van der Waals surface area contributed by atoms with E-state index in [1.807, 2.05) is 17.0 Å². The average molecular weight is 450 g/mol. The lowest BCUT2D eigenvalue weighted by atomic mass is 9.78. The van der Waals surface area contributed by atoms with Gasteiger partial charge in [-0.3, -0.25) is 4.90 Å². The molecular formula is C28H35NO4. The molecule has 33 heavy (non-hydrogen) atoms. The highest BCUT2D eigenvalue weighted by molar-refractivity contribution is 5.79. The molecule has 2 saturated heterocycles. The summed E-state index contributed by atoms with van der Waals surface area (Å²) in [5.41, 5.74) is 4.17. The second-order valence-corrected chi connectivity index (χ2v) is 10.5. The highest BCUT2D eigenvalue weighted by Crippen LogP contribution is 2.45. The summed E-state index contributed by atoms with van der Waals surface area (Å²) < 4.78 is 11.7. The molecule has 1 N–H and O–H groups in total. The third-order valence-electron chi connectivity index (χ3n) is 7.61. The van der Waals surface area contributed by atoms with Gasteiger partial charge in [-0.15, -0.1) is 0 Å². The normalized spacial score (nSPS) is 26.2. The Balaban J connectivity index is 1.26. The van der Waals surface area contributed by atoms with Gasteiger partial charge in [0.2, 0.25) is 0 Å². The van der Waals surface area contributed by atoms with Crippen LogP contribution in [-0.2, 0) is 9.47 Å². The minimum Gasteiger partial charge on any atom is -0.448 e. The largest absolute Gasteiger partial charge is 0.448 e. The number of amides is 1. The molecule has 1 amide bonds. The number of carbonyl (C=O) groups is 1. The van der Waals surface area contributed by atoms with Crippen molar-refractivity contribution in [1.29, 1.82) is 0 Å². The van der Waals surface area contributed by atoms with E-state index in [0.717, 1.165) is 19.3 Å². The van der Waals surface area contributed by atoms with Gasteiger partial charge in [0.1, 0.15) is 6.61 Å². The summed E-state index contributed by atoms with van der Waals surface area (Å²) in [5, 5.41) is 11.3. The van der Waals surface area contributed by atoms with Gasteiger partial charge in [-0.2, -0.15) is 0 Å². The van der Waals surface area contributed by atoms with Crippen LogP contribution in [0.4, 0.5) is 4.79 Å². The fraction of sp³-hybridized carbons (Fsp3) is 0.536. The van der Waals surface area contributed by atoms with E-state index in [0.29, 0.717) is 38.6 Å². The van der Waals surface area contributed by atoms with Gasteiger partial charge in [0.25, 0.3) is 0 Å². The summed E-state index contributed by atoms with van der Waals surface area (Å²) in [5.74, 6) is 0.688. The molecule has 2 aliphatic heterocycles. The van der Waals surface area contributed by atoms with Crippen molar-refractivity contribution in [3.8, 4) is 11.1 Å². The number of morpholine rings is 1. The van der Waals surface area contributed by atoms with Crippen molar-refractivity contribution >= 4 is 6.09 Å². The lowest BCUT2D eigenvalue weighted by Gasteiger charge is -2.51. The van der Waals surface area contributed by atoms with Crippen LogP contribution in [0.15, 0.2) is 48.5 Å². The zero-order chi connectivity index (χ0) is 23.0. The van der Waals surface area contributed by atoms with Crippen LogP contribution in [0, 0.1) is 5.92 Å². The molecule has 5 rings (SSSR count). The molecule has 2 bridgehead atoms. The predicted molar refractivity (Wildman–Crippen MR) is 128 cm³/mol. The number of nitrogens with zero attached hydrogens (tertiary/aromatic N) is 1. The van der Waals surface area contributed by atoms with Crippen LogP contribution in [-0.4, -0.2) is 53.6 Å². The number of benzene rings is 2. The summed E-state index contributed by atoms with van der Waals surface area (Å²) in [4.78, 5) is 15.1. The van der Waals surface area contributed by atoms with Crippen LogP contribution in [0.1, 0.15) is 63.0 Å². The van der Waals surface area contributed by atoms with Gasteiger partial charge in [-0.05, 0) is 47.4 Å². The van der Waals surface area contributed by atoms with Gasteiger partial charge in [-0.25, -0.2) is 4.79 Å².